The van der Waals surface area contributed by atoms with Gasteiger partial charge >= 0.3 is 0 Å². The predicted molar refractivity (Wildman–Crippen MR) is 75.5 cm³/mol. The van der Waals surface area contributed by atoms with Gasteiger partial charge in [0.1, 0.15) is 5.82 Å². The van der Waals surface area contributed by atoms with Gasteiger partial charge in [0.2, 0.25) is 0 Å². The highest BCUT2D eigenvalue weighted by molar-refractivity contribution is 5.43. The van der Waals surface area contributed by atoms with E-state index in [0.717, 1.165) is 23.6 Å². The Morgan fingerprint density at radius 3 is 2.79 bits per heavy atom. The summed E-state index contributed by atoms with van der Waals surface area (Å²) in [5.41, 5.74) is 2.56. The Hall–Kier alpha value is -2.17. The third-order valence-corrected chi connectivity index (χ3v) is 2.84. The van der Waals surface area contributed by atoms with Crippen LogP contribution in [0.5, 0.6) is 0 Å². The van der Waals surface area contributed by atoms with Crippen LogP contribution in [0.1, 0.15) is 24.1 Å². The molecule has 19 heavy (non-hydrogen) atoms. The Kier molecular flexibility index (Phi) is 3.94. The lowest BCUT2D eigenvalue weighted by atomic mass is 10.3. The monoisotopic (exact) mass is 258 g/mol. The predicted octanol–water partition coefficient (Wildman–Crippen LogP) is 1.74. The molecule has 2 heterocycles. The molecule has 0 amide bonds. The van der Waals surface area contributed by atoms with E-state index in [1.54, 1.807) is 16.8 Å². The molecule has 2 rings (SSSR count). The van der Waals surface area contributed by atoms with E-state index in [0.29, 0.717) is 12.4 Å². The third kappa shape index (κ3) is 3.19. The van der Waals surface area contributed by atoms with Crippen molar-refractivity contribution in [2.75, 3.05) is 11.9 Å². The quantitative estimate of drug-likeness (QED) is 0.907. The van der Waals surface area contributed by atoms with Gasteiger partial charge in [-0.2, -0.15) is 0 Å². The molecule has 0 fully saturated rings. The van der Waals surface area contributed by atoms with Crippen LogP contribution in [0.25, 0.3) is 0 Å². The molecule has 2 aromatic heterocycles. The lowest BCUT2D eigenvalue weighted by Crippen LogP contribution is -2.24. The average Bonchev–Trinajstić information content (AvgIpc) is 2.35. The first-order valence-corrected chi connectivity index (χ1v) is 6.34. The van der Waals surface area contributed by atoms with Crippen LogP contribution in [0.4, 0.5) is 5.69 Å². The van der Waals surface area contributed by atoms with Crippen LogP contribution in [0.15, 0.2) is 29.2 Å². The van der Waals surface area contributed by atoms with Crippen molar-refractivity contribution in [2.45, 2.75) is 27.3 Å². The van der Waals surface area contributed by atoms with Gasteiger partial charge < -0.3 is 5.32 Å². The van der Waals surface area contributed by atoms with Crippen LogP contribution in [-0.4, -0.2) is 21.1 Å². The highest BCUT2D eigenvalue weighted by Gasteiger charge is 2.05. The first-order valence-electron chi connectivity index (χ1n) is 6.34. The van der Waals surface area contributed by atoms with Gasteiger partial charge in [-0.05, 0) is 32.9 Å². The summed E-state index contributed by atoms with van der Waals surface area (Å²) >= 11 is 0. The number of pyridine rings is 1. The number of rotatable bonds is 4. The molecular weight excluding hydrogens is 240 g/mol. The summed E-state index contributed by atoms with van der Waals surface area (Å²) in [4.78, 5) is 20.6. The highest BCUT2D eigenvalue weighted by atomic mass is 16.1. The molecule has 0 atom stereocenters. The van der Waals surface area contributed by atoms with Crippen LogP contribution < -0.4 is 10.9 Å². The Morgan fingerprint density at radius 2 is 2.11 bits per heavy atom. The fraction of sp³-hybridized carbons (Fsp3) is 0.357. The molecule has 0 aliphatic rings. The second-order valence-corrected chi connectivity index (χ2v) is 4.44. The standard InChI is InChI=1S/C14H18N4O/c1-4-15-12-5-6-16-13(8-12)9-18-11(3)17-10(2)7-14(18)19/h5-8H,4,9H2,1-3H3,(H,15,16). The van der Waals surface area contributed by atoms with E-state index in [1.807, 2.05) is 32.9 Å². The van der Waals surface area contributed by atoms with Gasteiger partial charge in [-0.3, -0.25) is 14.3 Å². The van der Waals surface area contributed by atoms with Crippen LogP contribution in [-0.2, 0) is 6.54 Å². The minimum absolute atomic E-state index is 0.0411. The number of aryl methyl sites for hydroxylation is 2. The molecule has 0 aliphatic heterocycles. The molecule has 0 saturated carbocycles. The van der Waals surface area contributed by atoms with Crippen molar-refractivity contribution >= 4 is 5.69 Å². The number of nitrogens with one attached hydrogen (secondary N) is 1. The Labute approximate surface area is 112 Å². The van der Waals surface area contributed by atoms with E-state index < -0.39 is 0 Å². The van der Waals surface area contributed by atoms with Gasteiger partial charge in [-0.25, -0.2) is 4.98 Å². The second-order valence-electron chi connectivity index (χ2n) is 4.44. The second kappa shape index (κ2) is 5.65. The summed E-state index contributed by atoms with van der Waals surface area (Å²) in [7, 11) is 0. The summed E-state index contributed by atoms with van der Waals surface area (Å²) < 4.78 is 1.63. The molecule has 5 nitrogen and oxygen atoms in total. The molecule has 0 unspecified atom stereocenters. The molecule has 0 spiro atoms. The topological polar surface area (TPSA) is 59.8 Å². The first kappa shape index (κ1) is 13.3. The van der Waals surface area contributed by atoms with Crippen molar-refractivity contribution < 1.29 is 0 Å². The van der Waals surface area contributed by atoms with Crippen molar-refractivity contribution in [3.8, 4) is 0 Å². The maximum Gasteiger partial charge on any atom is 0.254 e. The number of hydrogen-bond acceptors (Lipinski definition) is 4. The number of anilines is 1. The molecule has 0 bridgehead atoms. The van der Waals surface area contributed by atoms with Crippen LogP contribution >= 0.6 is 0 Å². The average molecular weight is 258 g/mol. The van der Waals surface area contributed by atoms with Crippen molar-refractivity contribution in [2.24, 2.45) is 0 Å². The van der Waals surface area contributed by atoms with Gasteiger partial charge in [-0.15, -0.1) is 0 Å². The molecule has 2 aromatic rings. The van der Waals surface area contributed by atoms with Crippen LogP contribution in [0.2, 0.25) is 0 Å². The minimum Gasteiger partial charge on any atom is -0.385 e. The van der Waals surface area contributed by atoms with E-state index in [-0.39, 0.29) is 5.56 Å². The van der Waals surface area contributed by atoms with Gasteiger partial charge in [0.05, 0.1) is 12.2 Å². The largest absolute Gasteiger partial charge is 0.385 e. The van der Waals surface area contributed by atoms with E-state index in [1.165, 1.54) is 0 Å². The number of aromatic nitrogens is 3. The highest BCUT2D eigenvalue weighted by Crippen LogP contribution is 2.08. The van der Waals surface area contributed by atoms with Crippen molar-refractivity contribution in [1.82, 2.24) is 14.5 Å². The SMILES string of the molecule is CCNc1ccnc(Cn2c(C)nc(C)cc2=O)c1. The Balaban J connectivity index is 2.31. The Bertz CT molecular complexity index is 634. The van der Waals surface area contributed by atoms with E-state index in [2.05, 4.69) is 15.3 Å². The summed E-state index contributed by atoms with van der Waals surface area (Å²) in [6.07, 6.45) is 1.75. The molecule has 0 aromatic carbocycles. The molecule has 100 valence electrons. The fourth-order valence-corrected chi connectivity index (χ4v) is 2.00. The maximum absolute atomic E-state index is 12.0. The molecule has 5 heteroatoms. The smallest absolute Gasteiger partial charge is 0.254 e. The molecular formula is C14H18N4O. The summed E-state index contributed by atoms with van der Waals surface area (Å²) in [6, 6.07) is 5.41. The lowest BCUT2D eigenvalue weighted by Gasteiger charge is -2.10. The van der Waals surface area contributed by atoms with Crippen LogP contribution in [0.3, 0.4) is 0 Å². The zero-order valence-corrected chi connectivity index (χ0v) is 11.5. The Morgan fingerprint density at radius 1 is 1.32 bits per heavy atom. The van der Waals surface area contributed by atoms with E-state index in [4.69, 9.17) is 0 Å². The van der Waals surface area contributed by atoms with E-state index >= 15 is 0 Å². The van der Waals surface area contributed by atoms with Gasteiger partial charge in [-0.1, -0.05) is 0 Å². The van der Waals surface area contributed by atoms with Crippen molar-refractivity contribution in [3.05, 3.63) is 52.0 Å². The van der Waals surface area contributed by atoms with Gasteiger partial charge in [0.25, 0.3) is 5.56 Å². The fourth-order valence-electron chi connectivity index (χ4n) is 2.00. The van der Waals surface area contributed by atoms with Gasteiger partial charge in [0.15, 0.2) is 0 Å². The third-order valence-electron chi connectivity index (χ3n) is 2.84. The minimum atomic E-state index is -0.0411. The number of hydrogen-bond donors (Lipinski definition) is 1. The zero-order valence-electron chi connectivity index (χ0n) is 11.5. The maximum atomic E-state index is 12.0. The summed E-state index contributed by atoms with van der Waals surface area (Å²) in [5, 5.41) is 3.23. The van der Waals surface area contributed by atoms with Crippen molar-refractivity contribution in [3.63, 3.8) is 0 Å². The van der Waals surface area contributed by atoms with E-state index in [9.17, 15) is 4.79 Å². The number of nitrogens with zero attached hydrogens (tertiary/aromatic N) is 3. The molecule has 1 N–H and O–H groups in total. The summed E-state index contributed by atoms with van der Waals surface area (Å²) in [6.45, 7) is 7.00. The normalized spacial score (nSPS) is 10.5. The van der Waals surface area contributed by atoms with Gasteiger partial charge in [0, 0.05) is 30.2 Å². The molecule has 0 aliphatic carbocycles. The van der Waals surface area contributed by atoms with Crippen molar-refractivity contribution in [1.29, 1.82) is 0 Å². The molecule has 0 radical (unpaired) electrons. The zero-order chi connectivity index (χ0) is 13.8. The van der Waals surface area contributed by atoms with Crippen LogP contribution in [0, 0.1) is 13.8 Å². The lowest BCUT2D eigenvalue weighted by molar-refractivity contribution is 0.681. The molecule has 0 saturated heterocycles. The summed E-state index contributed by atoms with van der Waals surface area (Å²) in [5.74, 6) is 0.709. The first-order chi connectivity index (χ1) is 9.10.